The lowest BCUT2D eigenvalue weighted by molar-refractivity contribution is 0.311. The fourth-order valence-electron chi connectivity index (χ4n) is 2.38. The van der Waals surface area contributed by atoms with E-state index in [-0.39, 0.29) is 0 Å². The number of nitrogens with one attached hydrogen (secondary N) is 1. The van der Waals surface area contributed by atoms with Crippen LogP contribution >= 0.6 is 23.8 Å². The lowest BCUT2D eigenvalue weighted by Gasteiger charge is -2.09. The van der Waals surface area contributed by atoms with Crippen LogP contribution in [0.2, 0.25) is 5.02 Å². The quantitative estimate of drug-likeness (QED) is 0.497. The third kappa shape index (κ3) is 3.95. The third-order valence-electron chi connectivity index (χ3n) is 3.54. The van der Waals surface area contributed by atoms with Gasteiger partial charge in [-0.05, 0) is 55.0 Å². The summed E-state index contributed by atoms with van der Waals surface area (Å²) in [5, 5.41) is 12.1. The zero-order chi connectivity index (χ0) is 18.5. The Morgan fingerprint density at radius 3 is 2.85 bits per heavy atom. The largest absolute Gasteiger partial charge is 0.493 e. The summed E-state index contributed by atoms with van der Waals surface area (Å²) in [5.41, 5.74) is 1.65. The monoisotopic (exact) mass is 388 g/mol. The van der Waals surface area contributed by atoms with Crippen LogP contribution in [0.1, 0.15) is 12.5 Å². The van der Waals surface area contributed by atoms with Crippen molar-refractivity contribution in [2.24, 2.45) is 5.10 Å². The maximum atomic E-state index is 6.06. The molecule has 0 unspecified atom stereocenters. The molecule has 6 nitrogen and oxygen atoms in total. The fraction of sp³-hybridized carbons (Fsp3) is 0.167. The van der Waals surface area contributed by atoms with E-state index in [4.69, 9.17) is 33.3 Å². The second kappa shape index (κ2) is 8.16. The Balaban J connectivity index is 1.95. The number of nitrogens with zero attached hydrogens (tertiary/aromatic N) is 3. The van der Waals surface area contributed by atoms with E-state index in [1.807, 2.05) is 37.3 Å². The van der Waals surface area contributed by atoms with Crippen LogP contribution in [0.15, 0.2) is 47.6 Å². The number of H-pyrrole nitrogens is 1. The van der Waals surface area contributed by atoms with Crippen LogP contribution in [-0.4, -0.2) is 34.8 Å². The van der Waals surface area contributed by atoms with Gasteiger partial charge < -0.3 is 9.47 Å². The van der Waals surface area contributed by atoms with E-state index < -0.39 is 0 Å². The third-order valence-corrected chi connectivity index (χ3v) is 4.04. The molecule has 0 saturated heterocycles. The van der Waals surface area contributed by atoms with Crippen molar-refractivity contribution in [2.75, 3.05) is 13.7 Å². The van der Waals surface area contributed by atoms with Gasteiger partial charge >= 0.3 is 0 Å². The van der Waals surface area contributed by atoms with Crippen molar-refractivity contribution in [2.45, 2.75) is 6.92 Å². The zero-order valence-electron chi connectivity index (χ0n) is 14.3. The molecule has 1 aromatic heterocycles. The first-order chi connectivity index (χ1) is 12.6. The molecule has 0 radical (unpaired) electrons. The van der Waals surface area contributed by atoms with Crippen LogP contribution < -0.4 is 9.47 Å². The van der Waals surface area contributed by atoms with Gasteiger partial charge in [-0.25, -0.2) is 5.10 Å². The first-order valence-corrected chi connectivity index (χ1v) is 8.69. The summed E-state index contributed by atoms with van der Waals surface area (Å²) in [7, 11) is 1.60. The highest BCUT2D eigenvalue weighted by molar-refractivity contribution is 7.71. The molecule has 0 aliphatic heterocycles. The number of aromatic nitrogens is 3. The summed E-state index contributed by atoms with van der Waals surface area (Å²) in [5.74, 6) is 1.90. The van der Waals surface area contributed by atoms with Crippen LogP contribution in [0, 0.1) is 4.77 Å². The number of aromatic amines is 1. The Bertz CT molecular complexity index is 997. The standard InChI is InChI=1S/C18H17ClN4O2S/c1-3-25-15-8-7-12(9-16(15)24-2)11-20-23-17(21-22-18(23)26)13-5-4-6-14(19)10-13/h4-11H,3H2,1-2H3,(H,22,26). The van der Waals surface area contributed by atoms with E-state index in [1.165, 1.54) is 0 Å². The summed E-state index contributed by atoms with van der Waals surface area (Å²) in [6.07, 6.45) is 1.68. The van der Waals surface area contributed by atoms with Crippen molar-refractivity contribution in [3.05, 3.63) is 57.8 Å². The average Bonchev–Trinajstić information content (AvgIpc) is 3.01. The van der Waals surface area contributed by atoms with Gasteiger partial charge in [-0.3, -0.25) is 0 Å². The highest BCUT2D eigenvalue weighted by Crippen LogP contribution is 2.27. The van der Waals surface area contributed by atoms with E-state index in [1.54, 1.807) is 30.1 Å². The Hall–Kier alpha value is -2.64. The predicted octanol–water partition coefficient (Wildman–Crippen LogP) is 4.55. The molecule has 1 heterocycles. The fourth-order valence-corrected chi connectivity index (χ4v) is 2.75. The Morgan fingerprint density at radius 2 is 2.12 bits per heavy atom. The summed E-state index contributed by atoms with van der Waals surface area (Å²) in [6, 6.07) is 12.9. The van der Waals surface area contributed by atoms with Crippen molar-refractivity contribution in [3.8, 4) is 22.9 Å². The molecule has 3 aromatic rings. The van der Waals surface area contributed by atoms with Crippen LogP contribution in [0.25, 0.3) is 11.4 Å². The van der Waals surface area contributed by atoms with Crippen LogP contribution in [-0.2, 0) is 0 Å². The summed E-state index contributed by atoms with van der Waals surface area (Å²) >= 11 is 11.3. The lowest BCUT2D eigenvalue weighted by atomic mass is 10.2. The number of rotatable bonds is 6. The molecule has 0 aliphatic carbocycles. The number of hydrogen-bond acceptors (Lipinski definition) is 5. The van der Waals surface area contributed by atoms with Crippen molar-refractivity contribution in [1.82, 2.24) is 14.9 Å². The molecule has 0 amide bonds. The number of benzene rings is 2. The topological polar surface area (TPSA) is 64.4 Å². The maximum absolute atomic E-state index is 6.06. The predicted molar refractivity (Wildman–Crippen MR) is 105 cm³/mol. The summed E-state index contributed by atoms with van der Waals surface area (Å²) in [6.45, 7) is 2.49. The molecular formula is C18H17ClN4O2S. The van der Waals surface area contributed by atoms with Gasteiger partial charge in [-0.1, -0.05) is 23.7 Å². The number of methoxy groups -OCH3 is 1. The van der Waals surface area contributed by atoms with E-state index in [9.17, 15) is 0 Å². The van der Waals surface area contributed by atoms with Gasteiger partial charge in [0.15, 0.2) is 17.3 Å². The van der Waals surface area contributed by atoms with E-state index >= 15 is 0 Å². The molecule has 0 spiro atoms. The summed E-state index contributed by atoms with van der Waals surface area (Å²) < 4.78 is 12.8. The van der Waals surface area contributed by atoms with Crippen molar-refractivity contribution in [1.29, 1.82) is 0 Å². The Labute approximate surface area is 161 Å². The van der Waals surface area contributed by atoms with Gasteiger partial charge in [-0.2, -0.15) is 14.9 Å². The molecule has 3 rings (SSSR count). The van der Waals surface area contributed by atoms with E-state index in [0.29, 0.717) is 33.7 Å². The van der Waals surface area contributed by atoms with Gasteiger partial charge in [0.25, 0.3) is 0 Å². The minimum Gasteiger partial charge on any atom is -0.493 e. The normalized spacial score (nSPS) is 11.0. The van der Waals surface area contributed by atoms with Gasteiger partial charge in [0.1, 0.15) is 0 Å². The maximum Gasteiger partial charge on any atom is 0.216 e. The lowest BCUT2D eigenvalue weighted by Crippen LogP contribution is -1.97. The van der Waals surface area contributed by atoms with Gasteiger partial charge in [0, 0.05) is 10.6 Å². The summed E-state index contributed by atoms with van der Waals surface area (Å²) in [4.78, 5) is 0. The molecule has 0 saturated carbocycles. The molecule has 2 aromatic carbocycles. The molecule has 0 aliphatic rings. The highest BCUT2D eigenvalue weighted by Gasteiger charge is 2.09. The second-order valence-corrected chi connectivity index (χ2v) is 6.09. The van der Waals surface area contributed by atoms with Gasteiger partial charge in [-0.15, -0.1) is 0 Å². The molecule has 0 fully saturated rings. The first kappa shape index (κ1) is 18.2. The Morgan fingerprint density at radius 1 is 1.27 bits per heavy atom. The van der Waals surface area contributed by atoms with Crippen molar-refractivity contribution >= 4 is 30.0 Å². The molecule has 26 heavy (non-hydrogen) atoms. The first-order valence-electron chi connectivity index (χ1n) is 7.91. The Kier molecular flexibility index (Phi) is 5.70. The molecular weight excluding hydrogens is 372 g/mol. The smallest absolute Gasteiger partial charge is 0.216 e. The van der Waals surface area contributed by atoms with Crippen molar-refractivity contribution < 1.29 is 9.47 Å². The minimum absolute atomic E-state index is 0.383. The molecule has 0 atom stereocenters. The van der Waals surface area contributed by atoms with Crippen LogP contribution in [0.3, 0.4) is 0 Å². The zero-order valence-corrected chi connectivity index (χ0v) is 15.8. The average molecular weight is 389 g/mol. The number of ether oxygens (including phenoxy) is 2. The SMILES string of the molecule is CCOc1ccc(C=Nn2c(-c3cccc(Cl)c3)n[nH]c2=S)cc1OC. The molecule has 134 valence electrons. The minimum atomic E-state index is 0.383. The molecule has 1 N–H and O–H groups in total. The van der Waals surface area contributed by atoms with Crippen LogP contribution in [0.5, 0.6) is 11.5 Å². The van der Waals surface area contributed by atoms with E-state index in [2.05, 4.69) is 15.3 Å². The van der Waals surface area contributed by atoms with Gasteiger partial charge in [0.2, 0.25) is 4.77 Å². The van der Waals surface area contributed by atoms with E-state index in [0.717, 1.165) is 11.1 Å². The van der Waals surface area contributed by atoms with Gasteiger partial charge in [0.05, 0.1) is 19.9 Å². The number of hydrogen-bond donors (Lipinski definition) is 1. The number of halogens is 1. The molecule has 0 bridgehead atoms. The van der Waals surface area contributed by atoms with Crippen molar-refractivity contribution in [3.63, 3.8) is 0 Å². The highest BCUT2D eigenvalue weighted by atomic mass is 35.5. The second-order valence-electron chi connectivity index (χ2n) is 5.26. The van der Waals surface area contributed by atoms with Crippen LogP contribution in [0.4, 0.5) is 0 Å². The molecule has 8 heteroatoms.